The Morgan fingerprint density at radius 3 is 2.67 bits per heavy atom. The highest BCUT2D eigenvalue weighted by Gasteiger charge is 2.29. The number of ether oxygens (including phenoxy) is 1. The lowest BCUT2D eigenvalue weighted by molar-refractivity contribution is 0.0980. The van der Waals surface area contributed by atoms with Crippen molar-refractivity contribution < 1.29 is 18.4 Å². The number of nitrogens with two attached hydrogens (primary N) is 1. The number of nitrogens with one attached hydrogen (secondary N) is 1. The summed E-state index contributed by atoms with van der Waals surface area (Å²) < 4.78 is 32.0. The Morgan fingerprint density at radius 2 is 2.17 bits per heavy atom. The molecule has 1 aliphatic heterocycles. The van der Waals surface area contributed by atoms with E-state index in [1.165, 1.54) is 0 Å². The van der Waals surface area contributed by atoms with Gasteiger partial charge in [0, 0.05) is 25.7 Å². The van der Waals surface area contributed by atoms with Gasteiger partial charge in [0.05, 0.1) is 5.25 Å². The largest absolute Gasteiger partial charge is 0.409 e. The Balaban J connectivity index is 2.61. The van der Waals surface area contributed by atoms with Gasteiger partial charge in [0.15, 0.2) is 0 Å². The van der Waals surface area contributed by atoms with E-state index in [1.807, 2.05) is 6.92 Å². The third-order valence-electron chi connectivity index (χ3n) is 3.01. The van der Waals surface area contributed by atoms with Crippen molar-refractivity contribution >= 4 is 15.9 Å². The standard InChI is InChI=1S/C10H21N3O4S/c1-2-8(7-10(11)12-14)13-18(15,16)9-3-5-17-6-4-9/h8-9,13-14H,2-7H2,1H3,(H2,11,12). The molecule has 0 bridgehead atoms. The lowest BCUT2D eigenvalue weighted by Crippen LogP contribution is -2.44. The van der Waals surface area contributed by atoms with Gasteiger partial charge in [-0.25, -0.2) is 13.1 Å². The third kappa shape index (κ3) is 4.43. The van der Waals surface area contributed by atoms with Crippen LogP contribution in [0.3, 0.4) is 0 Å². The summed E-state index contributed by atoms with van der Waals surface area (Å²) in [5.74, 6) is 0.0246. The minimum Gasteiger partial charge on any atom is -0.409 e. The van der Waals surface area contributed by atoms with E-state index in [2.05, 4.69) is 9.88 Å². The average molecular weight is 279 g/mol. The van der Waals surface area contributed by atoms with Gasteiger partial charge in [0.1, 0.15) is 5.84 Å². The lowest BCUT2D eigenvalue weighted by Gasteiger charge is -2.25. The van der Waals surface area contributed by atoms with Gasteiger partial charge in [-0.05, 0) is 19.3 Å². The van der Waals surface area contributed by atoms with Crippen LogP contribution >= 0.6 is 0 Å². The molecule has 1 heterocycles. The fraction of sp³-hybridized carbons (Fsp3) is 0.900. The quantitative estimate of drug-likeness (QED) is 0.274. The number of sulfonamides is 1. The molecule has 0 aliphatic carbocycles. The van der Waals surface area contributed by atoms with Gasteiger partial charge in [-0.3, -0.25) is 0 Å². The van der Waals surface area contributed by atoms with Gasteiger partial charge in [0.25, 0.3) is 0 Å². The first-order valence-corrected chi connectivity index (χ1v) is 7.59. The van der Waals surface area contributed by atoms with Gasteiger partial charge in [-0.15, -0.1) is 0 Å². The summed E-state index contributed by atoms with van der Waals surface area (Å²) in [7, 11) is -3.37. The van der Waals surface area contributed by atoms with E-state index in [9.17, 15) is 8.42 Å². The minimum absolute atomic E-state index is 0.0246. The summed E-state index contributed by atoms with van der Waals surface area (Å²) in [4.78, 5) is 0. The van der Waals surface area contributed by atoms with Crippen LogP contribution in [0.25, 0.3) is 0 Å². The Bertz CT molecular complexity index is 377. The van der Waals surface area contributed by atoms with E-state index in [-0.39, 0.29) is 18.3 Å². The average Bonchev–Trinajstić information content (AvgIpc) is 2.38. The van der Waals surface area contributed by atoms with Crippen LogP contribution in [0.15, 0.2) is 5.16 Å². The molecule has 1 rings (SSSR count). The van der Waals surface area contributed by atoms with E-state index in [1.54, 1.807) is 0 Å². The molecule has 1 unspecified atom stereocenters. The molecular weight excluding hydrogens is 258 g/mol. The maximum absolute atomic E-state index is 12.1. The van der Waals surface area contributed by atoms with Gasteiger partial charge in [0.2, 0.25) is 10.0 Å². The summed E-state index contributed by atoms with van der Waals surface area (Å²) in [6.45, 7) is 2.80. The molecule has 106 valence electrons. The zero-order valence-corrected chi connectivity index (χ0v) is 11.3. The van der Waals surface area contributed by atoms with Crippen molar-refractivity contribution in [2.24, 2.45) is 10.9 Å². The Labute approximate surface area is 107 Å². The molecule has 7 nitrogen and oxygen atoms in total. The number of nitrogens with zero attached hydrogens (tertiary/aromatic N) is 1. The number of amidine groups is 1. The summed E-state index contributed by atoms with van der Waals surface area (Å²) >= 11 is 0. The van der Waals surface area contributed by atoms with Crippen LogP contribution in [0.1, 0.15) is 32.6 Å². The first-order valence-electron chi connectivity index (χ1n) is 6.05. The number of hydrogen-bond donors (Lipinski definition) is 3. The zero-order chi connectivity index (χ0) is 13.6. The SMILES string of the molecule is CCC(CC(N)=NO)NS(=O)(=O)C1CCOCC1. The van der Waals surface area contributed by atoms with Crippen LogP contribution in [0, 0.1) is 0 Å². The molecule has 4 N–H and O–H groups in total. The van der Waals surface area contributed by atoms with E-state index in [4.69, 9.17) is 15.7 Å². The highest BCUT2D eigenvalue weighted by atomic mass is 32.2. The van der Waals surface area contributed by atoms with Gasteiger partial charge in [-0.1, -0.05) is 12.1 Å². The molecule has 0 saturated carbocycles. The van der Waals surface area contributed by atoms with Gasteiger partial charge < -0.3 is 15.7 Å². The molecule has 0 amide bonds. The van der Waals surface area contributed by atoms with Gasteiger partial charge in [-0.2, -0.15) is 0 Å². The first kappa shape index (κ1) is 15.2. The molecule has 0 spiro atoms. The summed E-state index contributed by atoms with van der Waals surface area (Å²) in [5.41, 5.74) is 5.39. The molecule has 1 aliphatic rings. The van der Waals surface area contributed by atoms with Crippen LogP contribution in [0.5, 0.6) is 0 Å². The predicted molar refractivity (Wildman–Crippen MR) is 68.0 cm³/mol. The van der Waals surface area contributed by atoms with Crippen molar-refractivity contribution in [3.63, 3.8) is 0 Å². The van der Waals surface area contributed by atoms with Crippen molar-refractivity contribution in [2.45, 2.75) is 43.9 Å². The van der Waals surface area contributed by atoms with Crippen LogP contribution in [0.2, 0.25) is 0 Å². The maximum atomic E-state index is 12.1. The molecule has 8 heteroatoms. The maximum Gasteiger partial charge on any atom is 0.214 e. The Hall–Kier alpha value is -0.860. The second kappa shape index (κ2) is 6.91. The van der Waals surface area contributed by atoms with E-state index in [0.29, 0.717) is 32.5 Å². The third-order valence-corrected chi connectivity index (χ3v) is 5.03. The van der Waals surface area contributed by atoms with Crippen molar-refractivity contribution in [2.75, 3.05) is 13.2 Å². The smallest absolute Gasteiger partial charge is 0.214 e. The molecule has 0 aromatic carbocycles. The highest BCUT2D eigenvalue weighted by molar-refractivity contribution is 7.90. The van der Waals surface area contributed by atoms with Crippen LogP contribution in [-0.4, -0.2) is 44.0 Å². The number of hydrogen-bond acceptors (Lipinski definition) is 5. The molecular formula is C10H21N3O4S. The van der Waals surface area contributed by atoms with E-state index < -0.39 is 15.3 Å². The van der Waals surface area contributed by atoms with Gasteiger partial charge >= 0.3 is 0 Å². The van der Waals surface area contributed by atoms with Crippen molar-refractivity contribution in [3.8, 4) is 0 Å². The second-order valence-electron chi connectivity index (χ2n) is 4.38. The molecule has 0 radical (unpaired) electrons. The Morgan fingerprint density at radius 1 is 1.56 bits per heavy atom. The van der Waals surface area contributed by atoms with Crippen molar-refractivity contribution in [1.29, 1.82) is 0 Å². The molecule has 1 saturated heterocycles. The minimum atomic E-state index is -3.37. The highest BCUT2D eigenvalue weighted by Crippen LogP contribution is 2.16. The second-order valence-corrected chi connectivity index (χ2v) is 6.37. The fourth-order valence-electron chi connectivity index (χ4n) is 1.88. The van der Waals surface area contributed by atoms with Crippen LogP contribution in [0.4, 0.5) is 0 Å². The summed E-state index contributed by atoms with van der Waals surface area (Å²) in [6, 6.07) is -0.339. The molecule has 1 fully saturated rings. The molecule has 0 aromatic heterocycles. The van der Waals surface area contributed by atoms with Crippen LogP contribution in [-0.2, 0) is 14.8 Å². The number of oxime groups is 1. The zero-order valence-electron chi connectivity index (χ0n) is 10.5. The van der Waals surface area contributed by atoms with E-state index in [0.717, 1.165) is 0 Å². The predicted octanol–water partition coefficient (Wildman–Crippen LogP) is -0.0001000. The monoisotopic (exact) mass is 279 g/mol. The summed E-state index contributed by atoms with van der Waals surface area (Å²) in [6.07, 6.45) is 1.80. The lowest BCUT2D eigenvalue weighted by atomic mass is 10.1. The summed E-state index contributed by atoms with van der Waals surface area (Å²) in [5, 5.41) is 10.9. The van der Waals surface area contributed by atoms with Crippen molar-refractivity contribution in [3.05, 3.63) is 0 Å². The topological polar surface area (TPSA) is 114 Å². The first-order chi connectivity index (χ1) is 8.49. The molecule has 0 aromatic rings. The van der Waals surface area contributed by atoms with Crippen molar-refractivity contribution in [1.82, 2.24) is 4.72 Å². The fourth-order valence-corrected chi connectivity index (χ4v) is 3.60. The van der Waals surface area contributed by atoms with E-state index >= 15 is 0 Å². The molecule has 18 heavy (non-hydrogen) atoms. The number of rotatable bonds is 6. The van der Waals surface area contributed by atoms with Crippen LogP contribution < -0.4 is 10.5 Å². The Kier molecular flexibility index (Phi) is 5.83. The normalized spacial score (nSPS) is 20.8. The molecule has 1 atom stereocenters.